The molecule has 1 aromatic heterocycles. The van der Waals surface area contributed by atoms with Crippen LogP contribution in [0.3, 0.4) is 0 Å². The smallest absolute Gasteiger partial charge is 0.262 e. The van der Waals surface area contributed by atoms with Gasteiger partial charge in [-0.25, -0.2) is 4.98 Å². The van der Waals surface area contributed by atoms with Gasteiger partial charge >= 0.3 is 0 Å². The molecule has 0 atom stereocenters. The lowest BCUT2D eigenvalue weighted by Gasteiger charge is -2.35. The molecular formula is C25H25N5O3. The molecule has 0 N–H and O–H groups in total. The molecule has 33 heavy (non-hydrogen) atoms. The number of para-hydroxylation sites is 2. The van der Waals surface area contributed by atoms with Crippen molar-refractivity contribution in [2.75, 3.05) is 31.1 Å². The largest absolute Gasteiger partial charge is 0.352 e. The van der Waals surface area contributed by atoms with Crippen LogP contribution in [0.15, 0.2) is 48.7 Å². The Kier molecular flexibility index (Phi) is 4.88. The van der Waals surface area contributed by atoms with Crippen LogP contribution < -0.4 is 4.90 Å². The molecule has 168 valence electrons. The number of fused-ring (bicyclic) bond motifs is 2. The van der Waals surface area contributed by atoms with Crippen LogP contribution in [0.2, 0.25) is 0 Å². The SMILES string of the molecule is CC(C)(C)N1C(=O)c2ccc(C(=O)N3CCN(c4cnc5ccccc5n4)CC3)cc2C1=O. The van der Waals surface area contributed by atoms with Gasteiger partial charge in [-0.3, -0.25) is 24.3 Å². The van der Waals surface area contributed by atoms with Crippen LogP contribution >= 0.6 is 0 Å². The molecular weight excluding hydrogens is 418 g/mol. The lowest BCUT2D eigenvalue weighted by Crippen LogP contribution is -2.49. The monoisotopic (exact) mass is 443 g/mol. The molecule has 2 aliphatic rings. The molecule has 2 aliphatic heterocycles. The quantitative estimate of drug-likeness (QED) is 0.566. The number of rotatable bonds is 2. The number of carbonyl (C=O) groups excluding carboxylic acids is 3. The summed E-state index contributed by atoms with van der Waals surface area (Å²) in [4.78, 5) is 53.0. The maximum absolute atomic E-state index is 13.2. The molecule has 8 nitrogen and oxygen atoms in total. The van der Waals surface area contributed by atoms with Gasteiger partial charge in [0.1, 0.15) is 5.82 Å². The second-order valence-electron chi connectivity index (χ2n) is 9.37. The number of carbonyl (C=O) groups is 3. The van der Waals surface area contributed by atoms with Crippen molar-refractivity contribution in [3.05, 3.63) is 65.4 Å². The molecule has 3 heterocycles. The van der Waals surface area contributed by atoms with E-state index in [1.807, 2.05) is 45.0 Å². The normalized spacial score (nSPS) is 16.5. The van der Waals surface area contributed by atoms with Gasteiger partial charge in [-0.05, 0) is 51.1 Å². The predicted molar refractivity (Wildman–Crippen MR) is 124 cm³/mol. The number of anilines is 1. The van der Waals surface area contributed by atoms with E-state index >= 15 is 0 Å². The molecule has 0 radical (unpaired) electrons. The minimum Gasteiger partial charge on any atom is -0.352 e. The van der Waals surface area contributed by atoms with Crippen molar-refractivity contribution in [1.29, 1.82) is 0 Å². The first-order chi connectivity index (χ1) is 15.7. The van der Waals surface area contributed by atoms with E-state index in [0.29, 0.717) is 42.9 Å². The van der Waals surface area contributed by atoms with E-state index in [9.17, 15) is 14.4 Å². The van der Waals surface area contributed by atoms with Crippen molar-refractivity contribution in [3.8, 4) is 0 Å². The first-order valence-corrected chi connectivity index (χ1v) is 11.0. The van der Waals surface area contributed by atoms with Gasteiger partial charge in [0.25, 0.3) is 17.7 Å². The number of piperazine rings is 1. The van der Waals surface area contributed by atoms with Crippen molar-refractivity contribution >= 4 is 34.6 Å². The second kappa shape index (κ2) is 7.65. The molecule has 0 saturated carbocycles. The highest BCUT2D eigenvalue weighted by molar-refractivity contribution is 6.22. The van der Waals surface area contributed by atoms with Gasteiger partial charge in [0.05, 0.1) is 28.4 Å². The van der Waals surface area contributed by atoms with E-state index in [-0.39, 0.29) is 17.7 Å². The van der Waals surface area contributed by atoms with E-state index < -0.39 is 5.54 Å². The Morgan fingerprint density at radius 2 is 1.55 bits per heavy atom. The Labute approximate surface area is 191 Å². The molecule has 3 aromatic rings. The molecule has 1 saturated heterocycles. The van der Waals surface area contributed by atoms with Gasteiger partial charge in [-0.1, -0.05) is 12.1 Å². The fourth-order valence-corrected chi connectivity index (χ4v) is 4.40. The van der Waals surface area contributed by atoms with Crippen LogP contribution in [0, 0.1) is 0 Å². The van der Waals surface area contributed by atoms with Crippen LogP contribution in [-0.2, 0) is 0 Å². The summed E-state index contributed by atoms with van der Waals surface area (Å²) >= 11 is 0. The third kappa shape index (κ3) is 3.61. The van der Waals surface area contributed by atoms with Crippen LogP contribution in [0.1, 0.15) is 51.8 Å². The Bertz CT molecular complexity index is 1290. The molecule has 0 aliphatic carbocycles. The van der Waals surface area contributed by atoms with Crippen LogP contribution in [-0.4, -0.2) is 69.2 Å². The topological polar surface area (TPSA) is 86.7 Å². The number of hydrogen-bond donors (Lipinski definition) is 0. The van der Waals surface area contributed by atoms with Crippen LogP contribution in [0.25, 0.3) is 11.0 Å². The van der Waals surface area contributed by atoms with Crippen molar-refractivity contribution < 1.29 is 14.4 Å². The number of amides is 3. The maximum atomic E-state index is 13.2. The summed E-state index contributed by atoms with van der Waals surface area (Å²) in [6.07, 6.45) is 1.77. The summed E-state index contributed by atoms with van der Waals surface area (Å²) in [5.74, 6) is -0.00957. The Morgan fingerprint density at radius 3 is 2.24 bits per heavy atom. The standard InChI is InChI=1S/C25H25N5O3/c1-25(2,3)30-23(32)17-9-8-16(14-18(17)24(30)33)22(31)29-12-10-28(11-13-29)21-15-26-19-6-4-5-7-20(19)27-21/h4-9,14-15H,10-13H2,1-3H3. The van der Waals surface area contributed by atoms with Gasteiger partial charge in [0.2, 0.25) is 0 Å². The van der Waals surface area contributed by atoms with Gasteiger partial charge in [-0.2, -0.15) is 0 Å². The molecule has 1 fully saturated rings. The first-order valence-electron chi connectivity index (χ1n) is 11.0. The third-order valence-corrected chi connectivity index (χ3v) is 6.13. The molecule has 5 rings (SSSR count). The summed E-state index contributed by atoms with van der Waals surface area (Å²) in [7, 11) is 0. The highest BCUT2D eigenvalue weighted by Crippen LogP contribution is 2.30. The summed E-state index contributed by atoms with van der Waals surface area (Å²) < 4.78 is 0. The number of imide groups is 1. The van der Waals surface area contributed by atoms with Crippen LogP contribution in [0.5, 0.6) is 0 Å². The first kappa shape index (κ1) is 21.1. The van der Waals surface area contributed by atoms with E-state index in [1.165, 1.54) is 4.90 Å². The predicted octanol–water partition coefficient (Wildman–Crippen LogP) is 2.99. The van der Waals surface area contributed by atoms with Crippen molar-refractivity contribution in [2.24, 2.45) is 0 Å². The fourth-order valence-electron chi connectivity index (χ4n) is 4.40. The molecule has 8 heteroatoms. The lowest BCUT2D eigenvalue weighted by atomic mass is 10.0. The Hall–Kier alpha value is -3.81. The lowest BCUT2D eigenvalue weighted by molar-refractivity contribution is 0.0507. The van der Waals surface area contributed by atoms with Crippen molar-refractivity contribution in [1.82, 2.24) is 19.8 Å². The Balaban J connectivity index is 1.30. The fraction of sp³-hybridized carbons (Fsp3) is 0.320. The van der Waals surface area contributed by atoms with Crippen molar-refractivity contribution in [2.45, 2.75) is 26.3 Å². The van der Waals surface area contributed by atoms with Gasteiger partial charge in [0.15, 0.2) is 0 Å². The third-order valence-electron chi connectivity index (χ3n) is 6.13. The molecule has 0 unspecified atom stereocenters. The number of nitrogens with zero attached hydrogens (tertiary/aromatic N) is 5. The summed E-state index contributed by atoms with van der Waals surface area (Å²) in [5, 5.41) is 0. The summed E-state index contributed by atoms with van der Waals surface area (Å²) in [6.45, 7) is 7.80. The van der Waals surface area contributed by atoms with E-state index in [4.69, 9.17) is 4.98 Å². The maximum Gasteiger partial charge on any atom is 0.262 e. The number of hydrogen-bond acceptors (Lipinski definition) is 6. The Morgan fingerprint density at radius 1 is 0.879 bits per heavy atom. The molecule has 0 spiro atoms. The summed E-state index contributed by atoms with van der Waals surface area (Å²) in [6, 6.07) is 12.5. The number of benzene rings is 2. The van der Waals surface area contributed by atoms with Gasteiger partial charge in [-0.15, -0.1) is 0 Å². The van der Waals surface area contributed by atoms with Crippen LogP contribution in [0.4, 0.5) is 5.82 Å². The van der Waals surface area contributed by atoms with E-state index in [0.717, 1.165) is 16.9 Å². The summed E-state index contributed by atoms with van der Waals surface area (Å²) in [5.41, 5.74) is 2.14. The minimum absolute atomic E-state index is 0.142. The van der Waals surface area contributed by atoms with Gasteiger partial charge in [0, 0.05) is 37.3 Å². The molecule has 3 amide bonds. The van der Waals surface area contributed by atoms with Crippen molar-refractivity contribution in [3.63, 3.8) is 0 Å². The van der Waals surface area contributed by atoms with E-state index in [1.54, 1.807) is 29.3 Å². The molecule has 0 bridgehead atoms. The van der Waals surface area contributed by atoms with E-state index in [2.05, 4.69) is 9.88 Å². The second-order valence-corrected chi connectivity index (χ2v) is 9.37. The minimum atomic E-state index is -0.626. The average molecular weight is 444 g/mol. The highest BCUT2D eigenvalue weighted by Gasteiger charge is 2.42. The zero-order chi connectivity index (χ0) is 23.3. The average Bonchev–Trinajstić information content (AvgIpc) is 3.08. The zero-order valence-corrected chi connectivity index (χ0v) is 18.9. The van der Waals surface area contributed by atoms with Gasteiger partial charge < -0.3 is 9.80 Å². The highest BCUT2D eigenvalue weighted by atomic mass is 16.2. The molecule has 2 aromatic carbocycles. The number of aromatic nitrogens is 2. The zero-order valence-electron chi connectivity index (χ0n) is 18.9.